The van der Waals surface area contributed by atoms with E-state index >= 15 is 0 Å². The number of hydrogen-bond acceptors (Lipinski definition) is 2. The van der Waals surface area contributed by atoms with E-state index in [0.717, 1.165) is 6.54 Å². The number of allylic oxidation sites excluding steroid dienone is 1. The van der Waals surface area contributed by atoms with Gasteiger partial charge in [-0.1, -0.05) is 25.7 Å². The van der Waals surface area contributed by atoms with Crippen LogP contribution in [0.5, 0.6) is 0 Å². The number of hydrogen-bond donors (Lipinski definition) is 0. The number of nitrogens with zero attached hydrogens (tertiary/aromatic N) is 3. The number of likely N-dealkylation sites (tertiary alicyclic amines) is 1. The van der Waals surface area contributed by atoms with Crippen molar-refractivity contribution in [1.82, 2.24) is 14.7 Å². The monoisotopic (exact) mass is 307 g/mol. The van der Waals surface area contributed by atoms with E-state index in [1.54, 1.807) is 23.9 Å². The second-order valence-corrected chi connectivity index (χ2v) is 12.9. The molecule has 0 N–H and O–H groups in total. The Balaban J connectivity index is 2.33. The first-order valence-corrected chi connectivity index (χ1v) is 11.4. The Labute approximate surface area is 130 Å². The third-order valence-corrected chi connectivity index (χ3v) is 6.92. The van der Waals surface area contributed by atoms with Gasteiger partial charge in [0.2, 0.25) is 0 Å². The second kappa shape index (κ2) is 5.97. The standard InChI is InChI=1S/C16H29N3OSi/c1-17(2)16(20)19-11-9-15(21(4,5)6)13(12-19)14-8-7-10-18(14)3/h9,11-12,14-15H,7-8,10H2,1-6H3/t14?,15-/m0/s1. The van der Waals surface area contributed by atoms with Crippen molar-refractivity contribution < 1.29 is 4.79 Å². The maximum Gasteiger partial charge on any atom is 0.327 e. The van der Waals surface area contributed by atoms with E-state index in [4.69, 9.17) is 0 Å². The van der Waals surface area contributed by atoms with E-state index in [9.17, 15) is 4.79 Å². The summed E-state index contributed by atoms with van der Waals surface area (Å²) in [5.74, 6) is 0. The molecule has 0 bridgehead atoms. The van der Waals surface area contributed by atoms with Crippen LogP contribution in [0.15, 0.2) is 24.0 Å². The molecule has 0 saturated carbocycles. The highest BCUT2D eigenvalue weighted by molar-refractivity contribution is 6.78. The van der Waals surface area contributed by atoms with E-state index in [2.05, 4.69) is 43.9 Å². The summed E-state index contributed by atoms with van der Waals surface area (Å²) in [4.78, 5) is 18.1. The van der Waals surface area contributed by atoms with Gasteiger partial charge in [-0.3, -0.25) is 9.80 Å². The van der Waals surface area contributed by atoms with E-state index in [1.165, 1.54) is 18.4 Å². The van der Waals surface area contributed by atoms with Gasteiger partial charge in [-0.25, -0.2) is 4.79 Å². The van der Waals surface area contributed by atoms with Crippen LogP contribution < -0.4 is 0 Å². The van der Waals surface area contributed by atoms with Crippen molar-refractivity contribution in [2.45, 2.75) is 44.1 Å². The second-order valence-electron chi connectivity index (χ2n) is 7.54. The minimum Gasteiger partial charge on any atom is -0.330 e. The minimum atomic E-state index is -1.34. The fourth-order valence-corrected chi connectivity index (χ4v) is 5.27. The summed E-state index contributed by atoms with van der Waals surface area (Å²) in [6, 6.07) is 0.516. The van der Waals surface area contributed by atoms with Crippen molar-refractivity contribution >= 4 is 14.1 Å². The zero-order valence-corrected chi connectivity index (χ0v) is 15.3. The molecule has 2 rings (SSSR count). The molecule has 2 atom stereocenters. The van der Waals surface area contributed by atoms with Crippen LogP contribution in [0.1, 0.15) is 12.8 Å². The molecule has 0 aromatic carbocycles. The predicted molar refractivity (Wildman–Crippen MR) is 90.9 cm³/mol. The van der Waals surface area contributed by atoms with Crippen LogP contribution in [0.4, 0.5) is 4.79 Å². The Bertz CT molecular complexity index is 465. The quantitative estimate of drug-likeness (QED) is 0.733. The van der Waals surface area contributed by atoms with Crippen molar-refractivity contribution in [3.05, 3.63) is 24.0 Å². The molecule has 118 valence electrons. The summed E-state index contributed by atoms with van der Waals surface area (Å²) in [6.07, 6.45) is 8.79. The predicted octanol–water partition coefficient (Wildman–Crippen LogP) is 3.18. The molecule has 0 aliphatic carbocycles. The molecule has 21 heavy (non-hydrogen) atoms. The fraction of sp³-hybridized carbons (Fsp3) is 0.688. The molecule has 4 nitrogen and oxygen atoms in total. The van der Waals surface area contributed by atoms with Gasteiger partial charge < -0.3 is 4.90 Å². The molecule has 0 spiro atoms. The topological polar surface area (TPSA) is 26.8 Å². The Morgan fingerprint density at radius 2 is 2.00 bits per heavy atom. The normalized spacial score (nSPS) is 27.0. The summed E-state index contributed by atoms with van der Waals surface area (Å²) in [5, 5.41) is 0. The Kier molecular flexibility index (Phi) is 4.63. The molecule has 1 saturated heterocycles. The minimum absolute atomic E-state index is 0.0263. The molecule has 0 radical (unpaired) electrons. The lowest BCUT2D eigenvalue weighted by molar-refractivity contribution is 0.199. The largest absolute Gasteiger partial charge is 0.330 e. The van der Waals surface area contributed by atoms with Gasteiger partial charge >= 0.3 is 6.03 Å². The molecular formula is C16H29N3OSi. The fourth-order valence-electron chi connectivity index (χ4n) is 3.34. The van der Waals surface area contributed by atoms with Crippen LogP contribution in [-0.2, 0) is 0 Å². The summed E-state index contributed by atoms with van der Waals surface area (Å²) in [5.41, 5.74) is 1.96. The third-order valence-electron chi connectivity index (χ3n) is 4.53. The smallest absolute Gasteiger partial charge is 0.327 e. The number of carbonyl (C=O) groups is 1. The van der Waals surface area contributed by atoms with E-state index in [-0.39, 0.29) is 6.03 Å². The maximum absolute atomic E-state index is 12.2. The third kappa shape index (κ3) is 3.40. The molecule has 2 aliphatic heterocycles. The van der Waals surface area contributed by atoms with Gasteiger partial charge in [0, 0.05) is 32.5 Å². The first kappa shape index (κ1) is 16.3. The number of rotatable bonds is 2. The molecule has 0 aromatic rings. The van der Waals surface area contributed by atoms with Crippen LogP contribution in [0, 0.1) is 0 Å². The van der Waals surface area contributed by atoms with Gasteiger partial charge in [-0.2, -0.15) is 0 Å². The van der Waals surface area contributed by atoms with Crippen molar-refractivity contribution in [2.24, 2.45) is 0 Å². The van der Waals surface area contributed by atoms with Gasteiger partial charge in [-0.15, -0.1) is 0 Å². The lowest BCUT2D eigenvalue weighted by Gasteiger charge is -2.38. The highest BCUT2D eigenvalue weighted by Crippen LogP contribution is 2.40. The Hall–Kier alpha value is -1.07. The summed E-state index contributed by atoms with van der Waals surface area (Å²) in [7, 11) is 4.47. The number of carbonyl (C=O) groups excluding carboxylic acids is 1. The average molecular weight is 308 g/mol. The summed E-state index contributed by atoms with van der Waals surface area (Å²) < 4.78 is 0. The van der Waals surface area contributed by atoms with Gasteiger partial charge in [0.25, 0.3) is 0 Å². The summed E-state index contributed by atoms with van der Waals surface area (Å²) >= 11 is 0. The van der Waals surface area contributed by atoms with Gasteiger partial charge in [0.1, 0.15) is 0 Å². The van der Waals surface area contributed by atoms with Crippen LogP contribution in [0.3, 0.4) is 0 Å². The number of urea groups is 1. The van der Waals surface area contributed by atoms with Crippen molar-refractivity contribution in [1.29, 1.82) is 0 Å². The van der Waals surface area contributed by atoms with Crippen LogP contribution in [-0.4, -0.2) is 62.5 Å². The highest BCUT2D eigenvalue weighted by Gasteiger charge is 2.37. The average Bonchev–Trinajstić information content (AvgIpc) is 2.82. The molecule has 0 aromatic heterocycles. The lowest BCUT2D eigenvalue weighted by atomic mass is 10.00. The van der Waals surface area contributed by atoms with E-state index < -0.39 is 8.07 Å². The maximum atomic E-state index is 12.2. The Morgan fingerprint density at radius 3 is 2.48 bits per heavy atom. The first-order chi connectivity index (χ1) is 9.71. The summed E-state index contributed by atoms with van der Waals surface area (Å²) in [6.45, 7) is 8.39. The molecule has 2 amide bonds. The zero-order chi connectivity index (χ0) is 15.8. The Morgan fingerprint density at radius 1 is 1.33 bits per heavy atom. The van der Waals surface area contributed by atoms with Crippen molar-refractivity contribution in [3.63, 3.8) is 0 Å². The molecular weight excluding hydrogens is 278 g/mol. The molecule has 5 heteroatoms. The molecule has 2 aliphatic rings. The van der Waals surface area contributed by atoms with Crippen LogP contribution >= 0.6 is 0 Å². The van der Waals surface area contributed by atoms with Crippen molar-refractivity contribution in [3.8, 4) is 0 Å². The van der Waals surface area contributed by atoms with Crippen LogP contribution in [0.2, 0.25) is 25.2 Å². The van der Waals surface area contributed by atoms with Gasteiger partial charge in [0.05, 0.1) is 8.07 Å². The van der Waals surface area contributed by atoms with Crippen molar-refractivity contribution in [2.75, 3.05) is 27.7 Å². The zero-order valence-electron chi connectivity index (χ0n) is 14.3. The molecule has 1 fully saturated rings. The van der Waals surface area contributed by atoms with E-state index in [0.29, 0.717) is 11.6 Å². The molecule has 2 heterocycles. The van der Waals surface area contributed by atoms with Gasteiger partial charge in [-0.05, 0) is 37.5 Å². The first-order valence-electron chi connectivity index (χ1n) is 7.81. The van der Waals surface area contributed by atoms with Gasteiger partial charge in [0.15, 0.2) is 0 Å². The lowest BCUT2D eigenvalue weighted by Crippen LogP contribution is -2.41. The number of amides is 2. The number of likely N-dealkylation sites (N-methyl/N-ethyl adjacent to an activating group) is 1. The molecule has 1 unspecified atom stereocenters. The SMILES string of the molecule is CN(C)C(=O)N1C=C[C@H]([Si](C)(C)C)C(C2CCCN2C)=C1. The van der Waals surface area contributed by atoms with E-state index in [1.807, 2.05) is 6.20 Å². The highest BCUT2D eigenvalue weighted by atomic mass is 28.3. The van der Waals surface area contributed by atoms with Crippen LogP contribution in [0.25, 0.3) is 0 Å².